The van der Waals surface area contributed by atoms with Crippen LogP contribution in [0, 0.1) is 0 Å². The molecule has 0 bridgehead atoms. The predicted molar refractivity (Wildman–Crippen MR) is 65.0 cm³/mol. The van der Waals surface area contributed by atoms with E-state index in [1.54, 1.807) is 0 Å². The molecule has 0 spiro atoms. The van der Waals surface area contributed by atoms with Gasteiger partial charge in [0.25, 0.3) is 0 Å². The zero-order valence-electron chi connectivity index (χ0n) is 9.13. The number of ether oxygens (including phenoxy) is 1. The second-order valence-electron chi connectivity index (χ2n) is 4.51. The third-order valence-electron chi connectivity index (χ3n) is 3.19. The lowest BCUT2D eigenvalue weighted by Gasteiger charge is -2.25. The van der Waals surface area contributed by atoms with Gasteiger partial charge in [-0.1, -0.05) is 12.8 Å². The van der Waals surface area contributed by atoms with Crippen LogP contribution in [0.5, 0.6) is 0 Å². The van der Waals surface area contributed by atoms with Crippen molar-refractivity contribution in [2.75, 3.05) is 13.2 Å². The Labute approximate surface area is 96.9 Å². The summed E-state index contributed by atoms with van der Waals surface area (Å²) in [6.45, 7) is 1.70. The molecule has 1 aliphatic heterocycles. The SMILES string of the molecule is S=C(NC1CCCC1)NC1CCCOC1. The summed E-state index contributed by atoms with van der Waals surface area (Å²) in [5.74, 6) is 0. The first-order valence-electron chi connectivity index (χ1n) is 5.99. The van der Waals surface area contributed by atoms with E-state index in [1.807, 2.05) is 0 Å². The average molecular weight is 228 g/mol. The van der Waals surface area contributed by atoms with Crippen LogP contribution in [0.3, 0.4) is 0 Å². The Balaban J connectivity index is 1.66. The quantitative estimate of drug-likeness (QED) is 0.703. The van der Waals surface area contributed by atoms with Crippen molar-refractivity contribution in [1.29, 1.82) is 0 Å². The Bertz CT molecular complexity index is 211. The third-order valence-corrected chi connectivity index (χ3v) is 3.42. The molecule has 2 fully saturated rings. The summed E-state index contributed by atoms with van der Waals surface area (Å²) in [7, 11) is 0. The molecule has 3 nitrogen and oxygen atoms in total. The van der Waals surface area contributed by atoms with Gasteiger partial charge in [0.2, 0.25) is 0 Å². The van der Waals surface area contributed by atoms with Crippen molar-refractivity contribution in [2.45, 2.75) is 50.6 Å². The van der Waals surface area contributed by atoms with Crippen LogP contribution in [0.25, 0.3) is 0 Å². The van der Waals surface area contributed by atoms with Crippen LogP contribution in [0.1, 0.15) is 38.5 Å². The first-order chi connectivity index (χ1) is 7.34. The topological polar surface area (TPSA) is 33.3 Å². The van der Waals surface area contributed by atoms with E-state index in [0.29, 0.717) is 12.1 Å². The standard InChI is InChI=1S/C11H20N2OS/c15-11(12-9-4-1-2-5-9)13-10-6-3-7-14-8-10/h9-10H,1-8H2,(H2,12,13,15). The van der Waals surface area contributed by atoms with Crippen LogP contribution in [-0.2, 0) is 4.74 Å². The summed E-state index contributed by atoms with van der Waals surface area (Å²) in [6.07, 6.45) is 7.53. The van der Waals surface area contributed by atoms with Gasteiger partial charge in [-0.15, -0.1) is 0 Å². The molecule has 0 aromatic heterocycles. The molecule has 0 aromatic rings. The maximum absolute atomic E-state index is 5.40. The zero-order chi connectivity index (χ0) is 10.5. The van der Waals surface area contributed by atoms with Crippen molar-refractivity contribution in [3.8, 4) is 0 Å². The molecule has 1 unspecified atom stereocenters. The molecule has 1 atom stereocenters. The normalized spacial score (nSPS) is 27.6. The highest BCUT2D eigenvalue weighted by atomic mass is 32.1. The number of nitrogens with one attached hydrogen (secondary N) is 2. The lowest BCUT2D eigenvalue weighted by atomic mass is 10.1. The fourth-order valence-corrected chi connectivity index (χ4v) is 2.67. The van der Waals surface area contributed by atoms with Crippen molar-refractivity contribution < 1.29 is 4.74 Å². The van der Waals surface area contributed by atoms with Gasteiger partial charge in [0.05, 0.1) is 12.6 Å². The maximum Gasteiger partial charge on any atom is 0.166 e. The summed E-state index contributed by atoms with van der Waals surface area (Å²) >= 11 is 5.29. The molecule has 0 aromatic carbocycles. The molecular formula is C11H20N2OS. The minimum Gasteiger partial charge on any atom is -0.379 e. The monoisotopic (exact) mass is 228 g/mol. The summed E-state index contributed by atoms with van der Waals surface area (Å²) in [6, 6.07) is 1.02. The first-order valence-corrected chi connectivity index (χ1v) is 6.40. The molecule has 0 amide bonds. The van der Waals surface area contributed by atoms with Crippen LogP contribution in [-0.4, -0.2) is 30.4 Å². The largest absolute Gasteiger partial charge is 0.379 e. The van der Waals surface area contributed by atoms with E-state index in [9.17, 15) is 0 Å². The van der Waals surface area contributed by atoms with E-state index < -0.39 is 0 Å². The van der Waals surface area contributed by atoms with Crippen molar-refractivity contribution in [3.63, 3.8) is 0 Å². The van der Waals surface area contributed by atoms with Gasteiger partial charge in [0, 0.05) is 12.6 Å². The second-order valence-corrected chi connectivity index (χ2v) is 4.92. The number of hydrogen-bond donors (Lipinski definition) is 2. The number of hydrogen-bond acceptors (Lipinski definition) is 2. The van der Waals surface area contributed by atoms with E-state index in [4.69, 9.17) is 17.0 Å². The van der Waals surface area contributed by atoms with Crippen molar-refractivity contribution in [3.05, 3.63) is 0 Å². The van der Waals surface area contributed by atoms with Crippen molar-refractivity contribution in [2.24, 2.45) is 0 Å². The summed E-state index contributed by atoms with van der Waals surface area (Å²) in [5, 5.41) is 7.55. The molecule has 2 rings (SSSR count). The second kappa shape index (κ2) is 5.66. The van der Waals surface area contributed by atoms with E-state index in [-0.39, 0.29) is 0 Å². The minimum atomic E-state index is 0.417. The Hall–Kier alpha value is -0.350. The van der Waals surface area contributed by atoms with Gasteiger partial charge in [-0.2, -0.15) is 0 Å². The van der Waals surface area contributed by atoms with E-state index in [0.717, 1.165) is 24.7 Å². The molecule has 1 heterocycles. The van der Waals surface area contributed by atoms with Crippen molar-refractivity contribution >= 4 is 17.3 Å². The predicted octanol–water partition coefficient (Wildman–Crippen LogP) is 1.57. The van der Waals surface area contributed by atoms with Crippen LogP contribution >= 0.6 is 12.2 Å². The molecule has 1 saturated heterocycles. The Morgan fingerprint density at radius 1 is 1.00 bits per heavy atom. The maximum atomic E-state index is 5.40. The molecule has 2 N–H and O–H groups in total. The highest BCUT2D eigenvalue weighted by Crippen LogP contribution is 2.17. The number of thiocarbonyl (C=S) groups is 1. The molecule has 1 saturated carbocycles. The molecule has 2 aliphatic rings. The summed E-state index contributed by atoms with van der Waals surface area (Å²) in [5.41, 5.74) is 0. The molecule has 0 radical (unpaired) electrons. The van der Waals surface area contributed by atoms with Crippen LogP contribution in [0.15, 0.2) is 0 Å². The van der Waals surface area contributed by atoms with E-state index >= 15 is 0 Å². The summed E-state index contributed by atoms with van der Waals surface area (Å²) in [4.78, 5) is 0. The molecule has 4 heteroatoms. The molecule has 86 valence electrons. The number of rotatable bonds is 2. The van der Waals surface area contributed by atoms with Crippen LogP contribution in [0.4, 0.5) is 0 Å². The molecular weight excluding hydrogens is 208 g/mol. The van der Waals surface area contributed by atoms with Crippen LogP contribution in [0.2, 0.25) is 0 Å². The van der Waals surface area contributed by atoms with Gasteiger partial charge in [-0.3, -0.25) is 0 Å². The molecule has 15 heavy (non-hydrogen) atoms. The fourth-order valence-electron chi connectivity index (χ4n) is 2.34. The van der Waals surface area contributed by atoms with Gasteiger partial charge in [0.15, 0.2) is 5.11 Å². The highest BCUT2D eigenvalue weighted by Gasteiger charge is 2.18. The lowest BCUT2D eigenvalue weighted by molar-refractivity contribution is 0.0763. The Kier molecular flexibility index (Phi) is 4.20. The lowest BCUT2D eigenvalue weighted by Crippen LogP contribution is -2.48. The van der Waals surface area contributed by atoms with E-state index in [2.05, 4.69) is 10.6 Å². The van der Waals surface area contributed by atoms with Gasteiger partial charge in [0.1, 0.15) is 0 Å². The third kappa shape index (κ3) is 3.61. The van der Waals surface area contributed by atoms with Gasteiger partial charge < -0.3 is 15.4 Å². The van der Waals surface area contributed by atoms with Crippen molar-refractivity contribution in [1.82, 2.24) is 10.6 Å². The average Bonchev–Trinajstić information content (AvgIpc) is 2.71. The Morgan fingerprint density at radius 2 is 1.67 bits per heavy atom. The van der Waals surface area contributed by atoms with Gasteiger partial charge >= 0.3 is 0 Å². The molecule has 1 aliphatic carbocycles. The zero-order valence-corrected chi connectivity index (χ0v) is 9.94. The van der Waals surface area contributed by atoms with Gasteiger partial charge in [-0.05, 0) is 37.9 Å². The fraction of sp³-hybridized carbons (Fsp3) is 0.909. The smallest absolute Gasteiger partial charge is 0.166 e. The highest BCUT2D eigenvalue weighted by molar-refractivity contribution is 7.80. The minimum absolute atomic E-state index is 0.417. The van der Waals surface area contributed by atoms with Gasteiger partial charge in [-0.25, -0.2) is 0 Å². The van der Waals surface area contributed by atoms with E-state index in [1.165, 1.54) is 32.1 Å². The Morgan fingerprint density at radius 3 is 2.33 bits per heavy atom. The van der Waals surface area contributed by atoms with Crippen LogP contribution < -0.4 is 10.6 Å². The summed E-state index contributed by atoms with van der Waals surface area (Å²) < 4.78 is 5.40. The first kappa shape index (κ1) is 11.1.